The number of nitrogens with zero attached hydrogens (tertiary/aromatic N) is 1. The monoisotopic (exact) mass is 221 g/mol. The van der Waals surface area contributed by atoms with Gasteiger partial charge in [-0.25, -0.2) is 0 Å². The Kier molecular flexibility index (Phi) is 2.53. The Morgan fingerprint density at radius 3 is 2.80 bits per heavy atom. The normalized spacial score (nSPS) is 10.9. The molecule has 1 heterocycles. The van der Waals surface area contributed by atoms with Crippen molar-refractivity contribution < 1.29 is 4.79 Å². The Morgan fingerprint density at radius 2 is 2.13 bits per heavy atom. The molecule has 0 amide bonds. The maximum Gasteiger partial charge on any atom is 0.139 e. The van der Waals surface area contributed by atoms with Crippen molar-refractivity contribution in [2.45, 2.75) is 20.4 Å². The van der Waals surface area contributed by atoms with Gasteiger partial charge in [0.2, 0.25) is 0 Å². The van der Waals surface area contributed by atoms with Gasteiger partial charge in [-0.05, 0) is 31.5 Å². The van der Waals surface area contributed by atoms with Gasteiger partial charge >= 0.3 is 0 Å². The van der Waals surface area contributed by atoms with Crippen LogP contribution in [-0.2, 0) is 11.3 Å². The summed E-state index contributed by atoms with van der Waals surface area (Å²) in [7, 11) is 0. The molecule has 78 valence electrons. The van der Waals surface area contributed by atoms with Crippen LogP contribution in [0.3, 0.4) is 0 Å². The first-order valence-corrected chi connectivity index (χ1v) is 5.21. The molecule has 0 saturated heterocycles. The third-order valence-electron chi connectivity index (χ3n) is 2.86. The summed E-state index contributed by atoms with van der Waals surface area (Å²) >= 11 is 5.95. The van der Waals surface area contributed by atoms with Crippen LogP contribution < -0.4 is 0 Å². The second-order valence-electron chi connectivity index (χ2n) is 3.65. The molecule has 0 aliphatic heterocycles. The van der Waals surface area contributed by atoms with Crippen molar-refractivity contribution in [3.05, 3.63) is 34.5 Å². The highest BCUT2D eigenvalue weighted by atomic mass is 35.5. The molecule has 0 spiro atoms. The number of rotatable bonds is 2. The standard InChI is InChI=1S/C12H12ClNO/c1-8-9(2)14(5-6-15)12-7-10(13)3-4-11(8)12/h3-4,6-7H,5H2,1-2H3. The van der Waals surface area contributed by atoms with Gasteiger partial charge in [0.05, 0.1) is 12.1 Å². The first-order chi connectivity index (χ1) is 7.15. The summed E-state index contributed by atoms with van der Waals surface area (Å²) in [6.45, 7) is 4.47. The van der Waals surface area contributed by atoms with E-state index >= 15 is 0 Å². The highest BCUT2D eigenvalue weighted by Crippen LogP contribution is 2.27. The van der Waals surface area contributed by atoms with Gasteiger partial charge in [-0.2, -0.15) is 0 Å². The minimum atomic E-state index is 0.385. The quantitative estimate of drug-likeness (QED) is 0.715. The van der Waals surface area contributed by atoms with Gasteiger partial charge in [0, 0.05) is 16.1 Å². The van der Waals surface area contributed by atoms with Crippen molar-refractivity contribution in [1.29, 1.82) is 0 Å². The fourth-order valence-corrected chi connectivity index (χ4v) is 2.10. The zero-order valence-electron chi connectivity index (χ0n) is 8.75. The van der Waals surface area contributed by atoms with Crippen LogP contribution in [0.1, 0.15) is 11.3 Å². The lowest BCUT2D eigenvalue weighted by molar-refractivity contribution is -0.108. The molecule has 0 aliphatic carbocycles. The summed E-state index contributed by atoms with van der Waals surface area (Å²) in [5, 5.41) is 1.87. The van der Waals surface area contributed by atoms with Gasteiger partial charge in [-0.3, -0.25) is 0 Å². The SMILES string of the molecule is Cc1c(C)n(CC=O)c2cc(Cl)ccc12. The number of carbonyl (C=O) groups excluding carboxylic acids is 1. The Labute approximate surface area is 93.5 Å². The van der Waals surface area contributed by atoms with Crippen LogP contribution in [0.4, 0.5) is 0 Å². The highest BCUT2D eigenvalue weighted by Gasteiger charge is 2.10. The second-order valence-corrected chi connectivity index (χ2v) is 4.09. The number of aldehydes is 1. The van der Waals surface area contributed by atoms with Crippen molar-refractivity contribution in [2.75, 3.05) is 0 Å². The largest absolute Gasteiger partial charge is 0.337 e. The first-order valence-electron chi connectivity index (χ1n) is 4.83. The smallest absolute Gasteiger partial charge is 0.139 e. The fourth-order valence-electron chi connectivity index (χ4n) is 1.93. The molecule has 2 nitrogen and oxygen atoms in total. The Bertz CT molecular complexity index is 528. The van der Waals surface area contributed by atoms with E-state index in [-0.39, 0.29) is 0 Å². The number of hydrogen-bond acceptors (Lipinski definition) is 1. The van der Waals surface area contributed by atoms with E-state index in [1.165, 1.54) is 10.9 Å². The Hall–Kier alpha value is -1.28. The van der Waals surface area contributed by atoms with E-state index < -0.39 is 0 Å². The van der Waals surface area contributed by atoms with Crippen LogP contribution in [0.5, 0.6) is 0 Å². The van der Waals surface area contributed by atoms with E-state index in [4.69, 9.17) is 11.6 Å². The van der Waals surface area contributed by atoms with Crippen LogP contribution in [0.15, 0.2) is 18.2 Å². The molecule has 1 aromatic carbocycles. The van der Waals surface area contributed by atoms with Crippen LogP contribution in [0.2, 0.25) is 5.02 Å². The highest BCUT2D eigenvalue weighted by molar-refractivity contribution is 6.31. The zero-order valence-corrected chi connectivity index (χ0v) is 9.51. The van der Waals surface area contributed by atoms with E-state index in [0.29, 0.717) is 11.6 Å². The molecule has 0 fully saturated rings. The molecular weight excluding hydrogens is 210 g/mol. The molecule has 0 aliphatic rings. The molecule has 0 radical (unpaired) electrons. The van der Waals surface area contributed by atoms with Gasteiger partial charge in [0.15, 0.2) is 0 Å². The summed E-state index contributed by atoms with van der Waals surface area (Å²) < 4.78 is 1.99. The van der Waals surface area contributed by atoms with E-state index in [0.717, 1.165) is 17.5 Å². The van der Waals surface area contributed by atoms with E-state index in [9.17, 15) is 4.79 Å². The molecule has 0 atom stereocenters. The molecule has 0 saturated carbocycles. The van der Waals surface area contributed by atoms with Crippen LogP contribution >= 0.6 is 11.6 Å². The van der Waals surface area contributed by atoms with E-state index in [2.05, 4.69) is 6.92 Å². The molecule has 2 aromatic rings. The summed E-state index contributed by atoms with van der Waals surface area (Å²) in [4.78, 5) is 10.6. The summed E-state index contributed by atoms with van der Waals surface area (Å²) in [5.74, 6) is 0. The Balaban J connectivity index is 2.81. The number of carbonyl (C=O) groups is 1. The van der Waals surface area contributed by atoms with Gasteiger partial charge < -0.3 is 9.36 Å². The number of aryl methyl sites for hydroxylation is 1. The third-order valence-corrected chi connectivity index (χ3v) is 3.09. The van der Waals surface area contributed by atoms with Crippen molar-refractivity contribution in [2.24, 2.45) is 0 Å². The van der Waals surface area contributed by atoms with Gasteiger partial charge in [0.1, 0.15) is 6.29 Å². The molecule has 3 heteroatoms. The van der Waals surface area contributed by atoms with Crippen LogP contribution in [-0.4, -0.2) is 10.9 Å². The predicted molar refractivity (Wildman–Crippen MR) is 62.5 cm³/mol. The molecule has 0 bridgehead atoms. The minimum Gasteiger partial charge on any atom is -0.337 e. The van der Waals surface area contributed by atoms with Crippen LogP contribution in [0, 0.1) is 13.8 Å². The average molecular weight is 222 g/mol. The fraction of sp³-hybridized carbons (Fsp3) is 0.250. The molecule has 2 rings (SSSR count). The molecule has 1 aromatic heterocycles. The lowest BCUT2D eigenvalue weighted by Crippen LogP contribution is -2.00. The maximum atomic E-state index is 10.6. The number of benzene rings is 1. The third kappa shape index (κ3) is 1.55. The molecule has 0 unspecified atom stereocenters. The molecule has 15 heavy (non-hydrogen) atoms. The molecule has 0 N–H and O–H groups in total. The van der Waals surface area contributed by atoms with Gasteiger partial charge in [-0.1, -0.05) is 17.7 Å². The second kappa shape index (κ2) is 3.70. The maximum absolute atomic E-state index is 10.6. The van der Waals surface area contributed by atoms with Gasteiger partial charge in [0.25, 0.3) is 0 Å². The van der Waals surface area contributed by atoms with Crippen LogP contribution in [0.25, 0.3) is 10.9 Å². The summed E-state index contributed by atoms with van der Waals surface area (Å²) in [6.07, 6.45) is 0.910. The number of aromatic nitrogens is 1. The number of halogens is 1. The van der Waals surface area contributed by atoms with Crippen molar-refractivity contribution in [1.82, 2.24) is 4.57 Å². The Morgan fingerprint density at radius 1 is 1.40 bits per heavy atom. The van der Waals surface area contributed by atoms with Crippen molar-refractivity contribution >= 4 is 28.8 Å². The lowest BCUT2D eigenvalue weighted by Gasteiger charge is -2.02. The number of fused-ring (bicyclic) bond motifs is 1. The average Bonchev–Trinajstić information content (AvgIpc) is 2.44. The molecular formula is C12H12ClNO. The summed E-state index contributed by atoms with van der Waals surface area (Å²) in [6, 6.07) is 5.78. The predicted octanol–water partition coefficient (Wildman–Crippen LogP) is 3.11. The van der Waals surface area contributed by atoms with E-state index in [1.807, 2.05) is 29.7 Å². The van der Waals surface area contributed by atoms with E-state index in [1.54, 1.807) is 0 Å². The minimum absolute atomic E-state index is 0.385. The van der Waals surface area contributed by atoms with Crippen molar-refractivity contribution in [3.63, 3.8) is 0 Å². The number of hydrogen-bond donors (Lipinski definition) is 0. The summed E-state index contributed by atoms with van der Waals surface area (Å²) in [5.41, 5.74) is 3.37. The van der Waals surface area contributed by atoms with Gasteiger partial charge in [-0.15, -0.1) is 0 Å². The lowest BCUT2D eigenvalue weighted by atomic mass is 10.2. The topological polar surface area (TPSA) is 22.0 Å². The zero-order chi connectivity index (χ0) is 11.0. The first kappa shape index (κ1) is 10.2. The van der Waals surface area contributed by atoms with Crippen molar-refractivity contribution in [3.8, 4) is 0 Å².